The molecular formula is C16H21N3O3. The Labute approximate surface area is 129 Å². The zero-order chi connectivity index (χ0) is 15.6. The van der Waals surface area contributed by atoms with Gasteiger partial charge in [-0.15, -0.1) is 0 Å². The number of benzene rings is 1. The van der Waals surface area contributed by atoms with Crippen LogP contribution >= 0.6 is 0 Å². The second kappa shape index (κ2) is 5.87. The Hall–Kier alpha value is -2.24. The van der Waals surface area contributed by atoms with Crippen LogP contribution in [0.25, 0.3) is 0 Å². The number of carbonyl (C=O) groups excluding carboxylic acids is 2. The fraction of sp³-hybridized carbons (Fsp3) is 0.500. The molecule has 1 aliphatic carbocycles. The summed E-state index contributed by atoms with van der Waals surface area (Å²) in [7, 11) is 0. The van der Waals surface area contributed by atoms with Crippen molar-refractivity contribution < 1.29 is 14.3 Å². The van der Waals surface area contributed by atoms with Crippen LogP contribution in [0.1, 0.15) is 32.1 Å². The van der Waals surface area contributed by atoms with E-state index < -0.39 is 5.54 Å². The van der Waals surface area contributed by atoms with E-state index in [4.69, 9.17) is 10.5 Å². The molecule has 1 spiro atoms. The first-order chi connectivity index (χ1) is 10.6. The molecule has 3 N–H and O–H groups in total. The van der Waals surface area contributed by atoms with Gasteiger partial charge in [-0.1, -0.05) is 19.3 Å². The number of hydrogen-bond donors (Lipinski definition) is 2. The summed E-state index contributed by atoms with van der Waals surface area (Å²) in [5.41, 5.74) is 5.62. The van der Waals surface area contributed by atoms with Crippen molar-refractivity contribution in [3.8, 4) is 5.75 Å². The maximum absolute atomic E-state index is 12.6. The number of nitrogen functional groups attached to an aromatic ring is 1. The molecule has 1 saturated carbocycles. The Kier molecular flexibility index (Phi) is 3.92. The van der Waals surface area contributed by atoms with Gasteiger partial charge in [-0.2, -0.15) is 0 Å². The van der Waals surface area contributed by atoms with Crippen molar-refractivity contribution in [3.63, 3.8) is 0 Å². The lowest BCUT2D eigenvalue weighted by atomic mass is 9.82. The third-order valence-electron chi connectivity index (χ3n) is 4.42. The molecule has 6 nitrogen and oxygen atoms in total. The number of amides is 3. The van der Waals surface area contributed by atoms with Gasteiger partial charge in [0.15, 0.2) is 0 Å². The first-order valence-electron chi connectivity index (χ1n) is 7.73. The van der Waals surface area contributed by atoms with Crippen LogP contribution in [0.15, 0.2) is 24.3 Å². The van der Waals surface area contributed by atoms with Crippen LogP contribution in [-0.4, -0.2) is 35.5 Å². The molecule has 0 aromatic heterocycles. The fourth-order valence-corrected chi connectivity index (χ4v) is 3.19. The molecule has 0 bridgehead atoms. The molecule has 3 rings (SSSR count). The van der Waals surface area contributed by atoms with Gasteiger partial charge in [0.05, 0.1) is 6.54 Å². The van der Waals surface area contributed by atoms with Crippen molar-refractivity contribution in [2.75, 3.05) is 18.9 Å². The summed E-state index contributed by atoms with van der Waals surface area (Å²) in [5.74, 6) is 0.576. The summed E-state index contributed by atoms with van der Waals surface area (Å²) in [4.78, 5) is 25.9. The molecule has 0 radical (unpaired) electrons. The zero-order valence-electron chi connectivity index (χ0n) is 12.5. The molecule has 0 atom stereocenters. The Balaban J connectivity index is 1.57. The Morgan fingerprint density at radius 3 is 2.50 bits per heavy atom. The second-order valence-electron chi connectivity index (χ2n) is 5.95. The van der Waals surface area contributed by atoms with Crippen molar-refractivity contribution in [2.45, 2.75) is 37.6 Å². The number of hydrogen-bond acceptors (Lipinski definition) is 4. The number of nitrogens with zero attached hydrogens (tertiary/aromatic N) is 1. The van der Waals surface area contributed by atoms with Crippen LogP contribution in [0.3, 0.4) is 0 Å². The highest BCUT2D eigenvalue weighted by molar-refractivity contribution is 6.07. The highest BCUT2D eigenvalue weighted by atomic mass is 16.5. The maximum atomic E-state index is 12.6. The van der Waals surface area contributed by atoms with E-state index in [-0.39, 0.29) is 25.1 Å². The predicted octanol–water partition coefficient (Wildman–Crippen LogP) is 1.90. The number of nitrogens with one attached hydrogen (secondary N) is 1. The normalized spacial score (nSPS) is 20.3. The smallest absolute Gasteiger partial charge is 0.325 e. The van der Waals surface area contributed by atoms with Crippen LogP contribution in [-0.2, 0) is 4.79 Å². The van der Waals surface area contributed by atoms with Crippen LogP contribution in [0.5, 0.6) is 5.75 Å². The molecule has 22 heavy (non-hydrogen) atoms. The van der Waals surface area contributed by atoms with E-state index in [0.717, 1.165) is 32.1 Å². The number of carbonyl (C=O) groups is 2. The minimum Gasteiger partial charge on any atom is -0.492 e. The lowest BCUT2D eigenvalue weighted by Crippen LogP contribution is -2.48. The van der Waals surface area contributed by atoms with Gasteiger partial charge in [-0.25, -0.2) is 4.79 Å². The SMILES string of the molecule is Nc1ccc(OCCN2C(=O)NC3(CCCCC3)C2=O)cc1. The summed E-state index contributed by atoms with van der Waals surface area (Å²) < 4.78 is 5.57. The van der Waals surface area contributed by atoms with Crippen LogP contribution in [0.2, 0.25) is 0 Å². The van der Waals surface area contributed by atoms with E-state index in [2.05, 4.69) is 5.32 Å². The van der Waals surface area contributed by atoms with Crippen molar-refractivity contribution in [1.82, 2.24) is 10.2 Å². The fourth-order valence-electron chi connectivity index (χ4n) is 3.19. The highest BCUT2D eigenvalue weighted by Gasteiger charge is 2.50. The van der Waals surface area contributed by atoms with Gasteiger partial charge in [0.25, 0.3) is 5.91 Å². The Morgan fingerprint density at radius 1 is 1.14 bits per heavy atom. The van der Waals surface area contributed by atoms with Crippen LogP contribution in [0.4, 0.5) is 10.5 Å². The van der Waals surface area contributed by atoms with Gasteiger partial charge in [0.2, 0.25) is 0 Å². The molecule has 6 heteroatoms. The minimum atomic E-state index is -0.656. The standard InChI is InChI=1S/C16H21N3O3/c17-12-4-6-13(7-5-12)22-11-10-19-14(20)16(18-15(19)21)8-2-1-3-9-16/h4-7H,1-3,8-11,17H2,(H,18,21). The largest absolute Gasteiger partial charge is 0.492 e. The number of imide groups is 1. The molecule has 1 saturated heterocycles. The lowest BCUT2D eigenvalue weighted by molar-refractivity contribution is -0.132. The molecule has 0 unspecified atom stereocenters. The first-order valence-corrected chi connectivity index (χ1v) is 7.73. The third-order valence-corrected chi connectivity index (χ3v) is 4.42. The Morgan fingerprint density at radius 2 is 1.82 bits per heavy atom. The maximum Gasteiger partial charge on any atom is 0.325 e. The van der Waals surface area contributed by atoms with Gasteiger partial charge in [-0.05, 0) is 37.1 Å². The van der Waals surface area contributed by atoms with Crippen molar-refractivity contribution in [3.05, 3.63) is 24.3 Å². The van der Waals surface area contributed by atoms with Crippen LogP contribution < -0.4 is 15.8 Å². The molecule has 2 aliphatic rings. The number of nitrogens with two attached hydrogens (primary N) is 1. The summed E-state index contributed by atoms with van der Waals surface area (Å²) >= 11 is 0. The van der Waals surface area contributed by atoms with Crippen molar-refractivity contribution in [2.24, 2.45) is 0 Å². The third kappa shape index (κ3) is 2.73. The average Bonchev–Trinajstić information content (AvgIpc) is 2.74. The van der Waals surface area contributed by atoms with Gasteiger partial charge in [0, 0.05) is 5.69 Å². The molecule has 3 amide bonds. The number of rotatable bonds is 4. The first kappa shape index (κ1) is 14.7. The van der Waals surface area contributed by atoms with Crippen LogP contribution in [0, 0.1) is 0 Å². The lowest BCUT2D eigenvalue weighted by Gasteiger charge is -2.30. The van der Waals surface area contributed by atoms with Gasteiger partial charge in [-0.3, -0.25) is 9.69 Å². The van der Waals surface area contributed by atoms with Crippen molar-refractivity contribution in [1.29, 1.82) is 0 Å². The van der Waals surface area contributed by atoms with E-state index in [1.165, 1.54) is 4.90 Å². The van der Waals surface area contributed by atoms with E-state index in [1.54, 1.807) is 24.3 Å². The predicted molar refractivity (Wildman–Crippen MR) is 82.4 cm³/mol. The number of urea groups is 1. The molecule has 1 heterocycles. The Bertz CT molecular complexity index is 565. The number of ether oxygens (including phenoxy) is 1. The van der Waals surface area contributed by atoms with Gasteiger partial charge in [0.1, 0.15) is 17.9 Å². The minimum absolute atomic E-state index is 0.0990. The number of anilines is 1. The summed E-state index contributed by atoms with van der Waals surface area (Å²) in [6.07, 6.45) is 4.59. The topological polar surface area (TPSA) is 84.7 Å². The quantitative estimate of drug-likeness (QED) is 0.657. The zero-order valence-corrected chi connectivity index (χ0v) is 12.5. The van der Waals surface area contributed by atoms with E-state index >= 15 is 0 Å². The van der Waals surface area contributed by atoms with E-state index in [0.29, 0.717) is 11.4 Å². The van der Waals surface area contributed by atoms with Gasteiger partial charge >= 0.3 is 6.03 Å². The monoisotopic (exact) mass is 303 g/mol. The van der Waals surface area contributed by atoms with Crippen molar-refractivity contribution >= 4 is 17.6 Å². The highest BCUT2D eigenvalue weighted by Crippen LogP contribution is 2.33. The molecular weight excluding hydrogens is 282 g/mol. The molecule has 118 valence electrons. The molecule has 2 fully saturated rings. The molecule has 1 aromatic rings. The van der Waals surface area contributed by atoms with E-state index in [1.807, 2.05) is 0 Å². The van der Waals surface area contributed by atoms with E-state index in [9.17, 15) is 9.59 Å². The summed E-state index contributed by atoms with van der Waals surface area (Å²) in [5, 5.41) is 2.89. The molecule has 1 aliphatic heterocycles. The van der Waals surface area contributed by atoms with Gasteiger partial charge < -0.3 is 15.8 Å². The molecule has 1 aromatic carbocycles. The summed E-state index contributed by atoms with van der Waals surface area (Å²) in [6.45, 7) is 0.538. The summed E-state index contributed by atoms with van der Waals surface area (Å²) in [6, 6.07) is 6.74. The average molecular weight is 303 g/mol. The second-order valence-corrected chi connectivity index (χ2v) is 5.95.